The first-order valence-corrected chi connectivity index (χ1v) is 11.0. The van der Waals surface area contributed by atoms with Crippen LogP contribution in [0.5, 0.6) is 0 Å². The van der Waals surface area contributed by atoms with E-state index in [2.05, 4.69) is 19.7 Å². The second-order valence-corrected chi connectivity index (χ2v) is 8.52. The molecule has 0 unspecified atom stereocenters. The third kappa shape index (κ3) is 4.09. The van der Waals surface area contributed by atoms with Crippen molar-refractivity contribution in [2.24, 2.45) is 0 Å². The zero-order valence-corrected chi connectivity index (χ0v) is 18.5. The Balaban J connectivity index is 1.39. The molecule has 0 radical (unpaired) electrons. The van der Waals surface area contributed by atoms with Gasteiger partial charge in [0.05, 0.1) is 18.0 Å². The number of aryl methyl sites for hydroxylation is 1. The molecule has 0 saturated carbocycles. The van der Waals surface area contributed by atoms with E-state index < -0.39 is 11.4 Å². The Morgan fingerprint density at radius 3 is 2.79 bits per heavy atom. The second-order valence-electron chi connectivity index (χ2n) is 7.76. The summed E-state index contributed by atoms with van der Waals surface area (Å²) in [5.74, 6) is -0.599. The SMILES string of the molecule is Cc1cc(N2CC(NOCc3ccccc3)C2)nc2c1c(=O)c(C(=O)O)cn2-c1ncns1. The van der Waals surface area contributed by atoms with Gasteiger partial charge in [0, 0.05) is 30.8 Å². The predicted octanol–water partition coefficient (Wildman–Crippen LogP) is 2.15. The molecule has 1 aromatic carbocycles. The van der Waals surface area contributed by atoms with Crippen LogP contribution in [0.2, 0.25) is 0 Å². The van der Waals surface area contributed by atoms with Crippen molar-refractivity contribution in [3.63, 3.8) is 0 Å². The summed E-state index contributed by atoms with van der Waals surface area (Å²) < 4.78 is 5.51. The van der Waals surface area contributed by atoms with Crippen LogP contribution in [0.25, 0.3) is 16.2 Å². The zero-order valence-electron chi connectivity index (χ0n) is 17.6. The van der Waals surface area contributed by atoms with Crippen LogP contribution in [0.4, 0.5) is 5.82 Å². The molecule has 0 bridgehead atoms. The van der Waals surface area contributed by atoms with Gasteiger partial charge in [-0.1, -0.05) is 30.3 Å². The molecule has 0 atom stereocenters. The average molecular weight is 465 g/mol. The van der Waals surface area contributed by atoms with Crippen LogP contribution >= 0.6 is 11.5 Å². The van der Waals surface area contributed by atoms with E-state index in [0.29, 0.717) is 41.9 Å². The number of rotatable bonds is 7. The Kier molecular flexibility index (Phi) is 5.58. The van der Waals surface area contributed by atoms with Gasteiger partial charge in [-0.25, -0.2) is 14.8 Å². The van der Waals surface area contributed by atoms with E-state index in [1.165, 1.54) is 17.1 Å². The van der Waals surface area contributed by atoms with E-state index in [-0.39, 0.29) is 17.0 Å². The molecule has 2 N–H and O–H groups in total. The lowest BCUT2D eigenvalue weighted by Crippen LogP contribution is -2.58. The molecule has 168 valence electrons. The Morgan fingerprint density at radius 1 is 1.30 bits per heavy atom. The second kappa shape index (κ2) is 8.70. The number of fused-ring (bicyclic) bond motifs is 1. The monoisotopic (exact) mass is 464 g/mol. The minimum absolute atomic E-state index is 0.145. The Hall–Kier alpha value is -3.67. The third-order valence-corrected chi connectivity index (χ3v) is 6.13. The van der Waals surface area contributed by atoms with Crippen LogP contribution in [0.15, 0.2) is 53.7 Å². The van der Waals surface area contributed by atoms with Gasteiger partial charge < -0.3 is 10.0 Å². The Morgan fingerprint density at radius 2 is 2.09 bits per heavy atom. The van der Waals surface area contributed by atoms with Crippen LogP contribution in [0.3, 0.4) is 0 Å². The van der Waals surface area contributed by atoms with Crippen LogP contribution < -0.4 is 15.8 Å². The molecule has 33 heavy (non-hydrogen) atoms. The summed E-state index contributed by atoms with van der Waals surface area (Å²) in [5.41, 5.74) is 4.27. The minimum atomic E-state index is -1.30. The maximum atomic E-state index is 12.9. The van der Waals surface area contributed by atoms with Crippen LogP contribution in [-0.4, -0.2) is 49.1 Å². The molecule has 0 amide bonds. The molecule has 1 aliphatic rings. The van der Waals surface area contributed by atoms with Gasteiger partial charge in [-0.05, 0) is 24.1 Å². The molecular formula is C22H20N6O4S. The lowest BCUT2D eigenvalue weighted by Gasteiger charge is -2.40. The highest BCUT2D eigenvalue weighted by atomic mass is 32.1. The number of carbonyl (C=O) groups is 1. The number of nitrogens with one attached hydrogen (secondary N) is 1. The highest BCUT2D eigenvalue weighted by Crippen LogP contribution is 2.26. The molecule has 1 saturated heterocycles. The molecule has 1 fully saturated rings. The fourth-order valence-electron chi connectivity index (χ4n) is 3.77. The van der Waals surface area contributed by atoms with Gasteiger partial charge in [0.2, 0.25) is 10.6 Å². The van der Waals surface area contributed by atoms with Gasteiger partial charge >= 0.3 is 5.97 Å². The van der Waals surface area contributed by atoms with Crippen LogP contribution in [0.1, 0.15) is 21.5 Å². The highest BCUT2D eigenvalue weighted by Gasteiger charge is 2.29. The smallest absolute Gasteiger partial charge is 0.341 e. The van der Waals surface area contributed by atoms with E-state index in [1.54, 1.807) is 13.0 Å². The number of nitrogens with zero attached hydrogens (tertiary/aromatic N) is 5. The highest BCUT2D eigenvalue weighted by molar-refractivity contribution is 7.08. The summed E-state index contributed by atoms with van der Waals surface area (Å²) in [5, 5.41) is 10.2. The van der Waals surface area contributed by atoms with Crippen molar-refractivity contribution in [2.75, 3.05) is 18.0 Å². The summed E-state index contributed by atoms with van der Waals surface area (Å²) >= 11 is 1.09. The molecule has 0 aliphatic carbocycles. The maximum absolute atomic E-state index is 12.9. The fourth-order valence-corrected chi connectivity index (χ4v) is 4.28. The van der Waals surface area contributed by atoms with Crippen molar-refractivity contribution >= 4 is 34.4 Å². The Bertz CT molecular complexity index is 1370. The van der Waals surface area contributed by atoms with E-state index >= 15 is 0 Å². The number of benzene rings is 1. The van der Waals surface area contributed by atoms with Crippen molar-refractivity contribution in [2.45, 2.75) is 19.6 Å². The van der Waals surface area contributed by atoms with Crippen molar-refractivity contribution in [3.8, 4) is 5.13 Å². The number of aromatic carboxylic acids is 1. The average Bonchev–Trinajstić information content (AvgIpc) is 3.30. The first-order valence-electron chi connectivity index (χ1n) is 10.2. The van der Waals surface area contributed by atoms with Gasteiger partial charge in [-0.15, -0.1) is 0 Å². The number of anilines is 1. The summed E-state index contributed by atoms with van der Waals surface area (Å²) in [7, 11) is 0. The normalized spacial score (nSPS) is 13.9. The van der Waals surface area contributed by atoms with Crippen molar-refractivity contribution in [1.29, 1.82) is 0 Å². The number of carboxylic acids is 1. The third-order valence-electron chi connectivity index (χ3n) is 5.47. The zero-order chi connectivity index (χ0) is 22.9. The standard InChI is InChI=1S/C22H20N6O4S/c1-13-7-17(27-8-15(9-27)26-32-11-14-5-3-2-4-6-14)25-20-18(13)19(29)16(21(30)31)10-28(20)22-23-12-24-33-22/h2-7,10,12,15,26H,8-9,11H2,1H3,(H,30,31). The molecule has 0 spiro atoms. The number of hydroxylamine groups is 1. The summed E-state index contributed by atoms with van der Waals surface area (Å²) in [6.45, 7) is 3.63. The van der Waals surface area contributed by atoms with Crippen molar-refractivity contribution in [3.05, 3.63) is 75.8 Å². The summed E-state index contributed by atoms with van der Waals surface area (Å²) in [6, 6.07) is 11.9. The number of aromatic nitrogens is 4. The van der Waals surface area contributed by atoms with Gasteiger partial charge in [-0.3, -0.25) is 14.2 Å². The fraction of sp³-hybridized carbons (Fsp3) is 0.227. The Labute approximate surface area is 192 Å². The molecule has 4 aromatic rings. The summed E-state index contributed by atoms with van der Waals surface area (Å²) in [4.78, 5) is 41.1. The number of hydrogen-bond donors (Lipinski definition) is 2. The van der Waals surface area contributed by atoms with E-state index in [4.69, 9.17) is 9.82 Å². The minimum Gasteiger partial charge on any atom is -0.477 e. The van der Waals surface area contributed by atoms with E-state index in [0.717, 1.165) is 17.1 Å². The first-order chi connectivity index (χ1) is 16.0. The maximum Gasteiger partial charge on any atom is 0.341 e. The lowest BCUT2D eigenvalue weighted by atomic mass is 10.1. The molecule has 1 aliphatic heterocycles. The topological polar surface area (TPSA) is 122 Å². The van der Waals surface area contributed by atoms with Gasteiger partial charge in [0.1, 0.15) is 17.7 Å². The first kappa shape index (κ1) is 21.2. The van der Waals surface area contributed by atoms with Crippen molar-refractivity contribution < 1.29 is 14.7 Å². The van der Waals surface area contributed by atoms with Crippen LogP contribution in [-0.2, 0) is 11.4 Å². The molecule has 3 aromatic heterocycles. The molecule has 11 heteroatoms. The quantitative estimate of drug-likeness (QED) is 0.396. The lowest BCUT2D eigenvalue weighted by molar-refractivity contribution is -0.00275. The number of pyridine rings is 2. The summed E-state index contributed by atoms with van der Waals surface area (Å²) in [6.07, 6.45) is 2.64. The predicted molar refractivity (Wildman–Crippen MR) is 123 cm³/mol. The molecule has 4 heterocycles. The number of hydrogen-bond acceptors (Lipinski definition) is 9. The van der Waals surface area contributed by atoms with Crippen LogP contribution in [0, 0.1) is 6.92 Å². The van der Waals surface area contributed by atoms with E-state index in [1.807, 2.05) is 30.3 Å². The van der Waals surface area contributed by atoms with Crippen molar-refractivity contribution in [1.82, 2.24) is 24.4 Å². The number of carboxylic acid groups (broad SMARTS) is 1. The largest absolute Gasteiger partial charge is 0.477 e. The van der Waals surface area contributed by atoms with E-state index in [9.17, 15) is 14.7 Å². The molecule has 5 rings (SSSR count). The molecular weight excluding hydrogens is 444 g/mol. The molecule has 10 nitrogen and oxygen atoms in total. The van der Waals surface area contributed by atoms with Gasteiger partial charge in [0.25, 0.3) is 0 Å². The van der Waals surface area contributed by atoms with Gasteiger partial charge in [-0.2, -0.15) is 9.85 Å². The van der Waals surface area contributed by atoms with Gasteiger partial charge in [0.15, 0.2) is 5.65 Å².